The lowest BCUT2D eigenvalue weighted by Gasteiger charge is -2.06. The van der Waals surface area contributed by atoms with Crippen molar-refractivity contribution >= 4 is 28.4 Å². The Morgan fingerprint density at radius 1 is 0.842 bits per heavy atom. The number of rotatable bonds is 2. The third-order valence-electron chi connectivity index (χ3n) is 2.43. The Morgan fingerprint density at radius 3 is 2.11 bits per heavy atom. The molecule has 2 aromatic rings. The third-order valence-corrected chi connectivity index (χ3v) is 3.32. The summed E-state index contributed by atoms with van der Waals surface area (Å²) in [5, 5.41) is 0. The van der Waals surface area contributed by atoms with Gasteiger partial charge in [0.1, 0.15) is 11.6 Å². The summed E-state index contributed by atoms with van der Waals surface area (Å²) in [6.45, 7) is 0. The molecule has 6 heteroatoms. The first-order valence-electron chi connectivity index (χ1n) is 5.04. The van der Waals surface area contributed by atoms with Gasteiger partial charge in [-0.05, 0) is 46.9 Å². The van der Waals surface area contributed by atoms with E-state index in [9.17, 15) is 22.4 Å². The van der Waals surface area contributed by atoms with E-state index in [0.717, 1.165) is 12.1 Å². The molecule has 0 fully saturated rings. The van der Waals surface area contributed by atoms with Crippen LogP contribution in [0.5, 0.6) is 0 Å². The molecule has 0 heterocycles. The Hall–Kier alpha value is -1.44. The highest BCUT2D eigenvalue weighted by Gasteiger charge is 2.19. The van der Waals surface area contributed by atoms with E-state index < -0.39 is 34.6 Å². The van der Waals surface area contributed by atoms with Gasteiger partial charge >= 0.3 is 0 Å². The summed E-state index contributed by atoms with van der Waals surface area (Å²) in [5.74, 6) is -5.23. The van der Waals surface area contributed by atoms with Crippen LogP contribution in [0.15, 0.2) is 30.3 Å². The molecular weight excluding hydrogens is 375 g/mol. The van der Waals surface area contributed by atoms with Crippen LogP contribution in [0.2, 0.25) is 0 Å². The van der Waals surface area contributed by atoms with Gasteiger partial charge in [0.25, 0.3) is 0 Å². The van der Waals surface area contributed by atoms with Crippen LogP contribution in [0.25, 0.3) is 0 Å². The van der Waals surface area contributed by atoms with Crippen LogP contribution in [0, 0.1) is 26.8 Å². The fourth-order valence-corrected chi connectivity index (χ4v) is 2.24. The second-order valence-electron chi connectivity index (χ2n) is 3.70. The van der Waals surface area contributed by atoms with E-state index in [1.165, 1.54) is 6.07 Å². The van der Waals surface area contributed by atoms with E-state index in [1.807, 2.05) is 0 Å². The van der Waals surface area contributed by atoms with Gasteiger partial charge in [-0.3, -0.25) is 4.79 Å². The van der Waals surface area contributed by atoms with Crippen molar-refractivity contribution in [2.75, 3.05) is 0 Å². The van der Waals surface area contributed by atoms with Gasteiger partial charge < -0.3 is 0 Å². The molecule has 0 amide bonds. The average molecular weight is 380 g/mol. The molecule has 0 saturated heterocycles. The molecule has 0 N–H and O–H groups in total. The predicted octanol–water partition coefficient (Wildman–Crippen LogP) is 4.08. The Kier molecular flexibility index (Phi) is 3.88. The smallest absolute Gasteiger partial charge is 0.197 e. The van der Waals surface area contributed by atoms with Crippen molar-refractivity contribution < 1.29 is 22.4 Å². The van der Waals surface area contributed by atoms with Crippen molar-refractivity contribution in [3.63, 3.8) is 0 Å². The molecular formula is C13H5F4IO. The third kappa shape index (κ3) is 2.78. The van der Waals surface area contributed by atoms with Crippen LogP contribution in [0.3, 0.4) is 0 Å². The summed E-state index contributed by atoms with van der Waals surface area (Å²) in [6.07, 6.45) is 0. The maximum atomic E-state index is 13.5. The number of ketones is 1. The molecule has 0 bridgehead atoms. The molecule has 0 aromatic heterocycles. The minimum absolute atomic E-state index is 0.0203. The number of carbonyl (C=O) groups is 1. The minimum atomic E-state index is -1.37. The van der Waals surface area contributed by atoms with E-state index in [1.54, 1.807) is 22.6 Å². The first kappa shape index (κ1) is 14.0. The molecule has 0 atom stereocenters. The van der Waals surface area contributed by atoms with Gasteiger partial charge in [-0.1, -0.05) is 0 Å². The summed E-state index contributed by atoms with van der Waals surface area (Å²) < 4.78 is 52.5. The van der Waals surface area contributed by atoms with E-state index >= 15 is 0 Å². The van der Waals surface area contributed by atoms with Crippen LogP contribution in [-0.4, -0.2) is 5.78 Å². The van der Waals surface area contributed by atoms with Crippen LogP contribution in [-0.2, 0) is 0 Å². The Morgan fingerprint density at radius 2 is 1.47 bits per heavy atom. The SMILES string of the molecule is O=C(c1cc(F)c(F)cc1F)c1ccc(F)cc1I. The Balaban J connectivity index is 2.53. The van der Waals surface area contributed by atoms with Crippen LogP contribution in [0.1, 0.15) is 15.9 Å². The van der Waals surface area contributed by atoms with E-state index in [4.69, 9.17) is 0 Å². The molecule has 0 aliphatic carbocycles. The lowest BCUT2D eigenvalue weighted by molar-refractivity contribution is 0.103. The quantitative estimate of drug-likeness (QED) is 0.332. The molecule has 2 aromatic carbocycles. The van der Waals surface area contributed by atoms with Crippen LogP contribution in [0.4, 0.5) is 17.6 Å². The van der Waals surface area contributed by atoms with Crippen molar-refractivity contribution in [3.05, 3.63) is 68.3 Å². The first-order valence-corrected chi connectivity index (χ1v) is 6.12. The van der Waals surface area contributed by atoms with E-state index in [0.29, 0.717) is 12.1 Å². The molecule has 0 unspecified atom stereocenters. The Bertz CT molecular complexity index is 670. The zero-order valence-corrected chi connectivity index (χ0v) is 11.3. The second kappa shape index (κ2) is 5.28. The van der Waals surface area contributed by atoms with Crippen molar-refractivity contribution in [2.24, 2.45) is 0 Å². The molecule has 0 spiro atoms. The van der Waals surface area contributed by atoms with Gasteiger partial charge in [-0.15, -0.1) is 0 Å². The van der Waals surface area contributed by atoms with Crippen LogP contribution < -0.4 is 0 Å². The highest BCUT2D eigenvalue weighted by atomic mass is 127. The zero-order chi connectivity index (χ0) is 14.2. The topological polar surface area (TPSA) is 17.1 Å². The monoisotopic (exact) mass is 380 g/mol. The van der Waals surface area contributed by atoms with Gasteiger partial charge in [0.05, 0.1) is 5.56 Å². The highest BCUT2D eigenvalue weighted by molar-refractivity contribution is 14.1. The molecule has 0 radical (unpaired) electrons. The predicted molar refractivity (Wildman–Crippen MR) is 68.9 cm³/mol. The zero-order valence-electron chi connectivity index (χ0n) is 9.18. The van der Waals surface area contributed by atoms with Gasteiger partial charge in [0, 0.05) is 15.2 Å². The van der Waals surface area contributed by atoms with E-state index in [2.05, 4.69) is 0 Å². The summed E-state index contributed by atoms with van der Waals surface area (Å²) in [6, 6.07) is 4.09. The Labute approximate surface area is 119 Å². The van der Waals surface area contributed by atoms with Gasteiger partial charge in [0.2, 0.25) is 0 Å². The average Bonchev–Trinajstić information content (AvgIpc) is 2.33. The molecule has 0 aliphatic rings. The summed E-state index contributed by atoms with van der Waals surface area (Å²) >= 11 is 1.70. The fraction of sp³-hybridized carbons (Fsp3) is 0. The van der Waals surface area contributed by atoms with Crippen LogP contribution >= 0.6 is 22.6 Å². The summed E-state index contributed by atoms with van der Waals surface area (Å²) in [4.78, 5) is 12.0. The normalized spacial score (nSPS) is 10.6. The van der Waals surface area contributed by atoms with Gasteiger partial charge in [-0.25, -0.2) is 17.6 Å². The second-order valence-corrected chi connectivity index (χ2v) is 4.86. The lowest BCUT2D eigenvalue weighted by atomic mass is 10.0. The molecule has 19 heavy (non-hydrogen) atoms. The number of hydrogen-bond acceptors (Lipinski definition) is 1. The maximum absolute atomic E-state index is 13.5. The summed E-state index contributed by atoms with van der Waals surface area (Å²) in [5.41, 5.74) is -0.574. The number of benzene rings is 2. The number of halogens is 5. The van der Waals surface area contributed by atoms with Gasteiger partial charge in [0.15, 0.2) is 17.4 Å². The number of hydrogen-bond donors (Lipinski definition) is 0. The highest BCUT2D eigenvalue weighted by Crippen LogP contribution is 2.21. The number of carbonyl (C=O) groups excluding carboxylic acids is 1. The van der Waals surface area contributed by atoms with Crippen molar-refractivity contribution in [1.29, 1.82) is 0 Å². The lowest BCUT2D eigenvalue weighted by Crippen LogP contribution is -2.08. The molecule has 98 valence electrons. The van der Waals surface area contributed by atoms with E-state index in [-0.39, 0.29) is 9.13 Å². The van der Waals surface area contributed by atoms with Gasteiger partial charge in [-0.2, -0.15) is 0 Å². The summed E-state index contributed by atoms with van der Waals surface area (Å²) in [7, 11) is 0. The van der Waals surface area contributed by atoms with Crippen molar-refractivity contribution in [1.82, 2.24) is 0 Å². The molecule has 1 nitrogen and oxygen atoms in total. The first-order chi connectivity index (χ1) is 8.90. The molecule has 0 saturated carbocycles. The maximum Gasteiger partial charge on any atom is 0.197 e. The molecule has 0 aliphatic heterocycles. The largest absolute Gasteiger partial charge is 0.288 e. The minimum Gasteiger partial charge on any atom is -0.288 e. The van der Waals surface area contributed by atoms with Crippen molar-refractivity contribution in [2.45, 2.75) is 0 Å². The van der Waals surface area contributed by atoms with Crippen molar-refractivity contribution in [3.8, 4) is 0 Å². The molecule has 2 rings (SSSR count). The fourth-order valence-electron chi connectivity index (χ4n) is 1.52. The standard InChI is InChI=1S/C13H5F4IO/c14-6-1-2-7(12(18)3-6)13(19)8-4-10(16)11(17)5-9(8)15/h1-5H.